The maximum absolute atomic E-state index is 2.59. The molecule has 142 valence electrons. The summed E-state index contributed by atoms with van der Waals surface area (Å²) in [5.41, 5.74) is 6.58. The van der Waals surface area contributed by atoms with Crippen molar-refractivity contribution in [3.05, 3.63) is 102 Å². The smallest absolute Gasteiger partial charge is 0.132 e. The molecule has 6 rings (SSSR count). The van der Waals surface area contributed by atoms with Crippen molar-refractivity contribution in [2.45, 2.75) is 12.3 Å². The summed E-state index contributed by atoms with van der Waals surface area (Å²) < 4.78 is 0. The molecule has 2 atom stereocenters. The largest absolute Gasteiger partial charge is 0.350 e. The number of hydrogen-bond donors (Lipinski definition) is 0. The van der Waals surface area contributed by atoms with Crippen molar-refractivity contribution >= 4 is 27.8 Å². The number of para-hydroxylation sites is 2. The molecule has 2 heterocycles. The van der Waals surface area contributed by atoms with Gasteiger partial charge in [-0.25, -0.2) is 0 Å². The third kappa shape index (κ3) is 2.18. The van der Waals surface area contributed by atoms with Crippen molar-refractivity contribution in [3.63, 3.8) is 0 Å². The monoisotopic (exact) mass is 377 g/mol. The Morgan fingerprint density at radius 1 is 0.517 bits per heavy atom. The van der Waals surface area contributed by atoms with Gasteiger partial charge in [0.1, 0.15) is 12.3 Å². The third-order valence-corrected chi connectivity index (χ3v) is 6.50. The van der Waals surface area contributed by atoms with Crippen LogP contribution >= 0.6 is 0 Å². The molecule has 3 heteroatoms. The summed E-state index contributed by atoms with van der Waals surface area (Å²) in [6, 6.07) is 33.0. The Kier molecular flexibility index (Phi) is 3.42. The van der Waals surface area contributed by atoms with E-state index in [9.17, 15) is 0 Å². The van der Waals surface area contributed by atoms with Gasteiger partial charge in [-0.15, -0.1) is 0 Å². The Hall–Kier alpha value is -3.46. The Morgan fingerprint density at radius 2 is 1.00 bits per heavy atom. The lowest BCUT2D eigenvalue weighted by Gasteiger charge is -2.57. The zero-order valence-electron chi connectivity index (χ0n) is 16.7. The molecule has 29 heavy (non-hydrogen) atoms. The van der Waals surface area contributed by atoms with Gasteiger partial charge in [0.2, 0.25) is 0 Å². The number of benzene rings is 4. The lowest BCUT2D eigenvalue weighted by molar-refractivity contribution is 0.465. The molecule has 0 spiro atoms. The lowest BCUT2D eigenvalue weighted by atomic mass is 9.92. The van der Waals surface area contributed by atoms with Gasteiger partial charge in [-0.05, 0) is 23.6 Å². The van der Waals surface area contributed by atoms with Crippen molar-refractivity contribution in [1.29, 1.82) is 0 Å². The van der Waals surface area contributed by atoms with Crippen LogP contribution in [0.2, 0.25) is 0 Å². The fraction of sp³-hybridized carbons (Fsp3) is 0.154. The molecule has 0 amide bonds. The van der Waals surface area contributed by atoms with Crippen LogP contribution in [-0.2, 0) is 0 Å². The second-order valence-electron chi connectivity index (χ2n) is 7.99. The standard InChI is InChI=1S/C26H23N3/c1-27-22-15-7-5-13-20(22)26-28(2)23-16-8-6-14-21(23)25(27)29(26)24-17-9-11-18-10-3-4-12-19(18)24/h3-17,25-26H,1-2H3. The van der Waals surface area contributed by atoms with E-state index in [1.165, 1.54) is 39.0 Å². The van der Waals surface area contributed by atoms with Gasteiger partial charge >= 0.3 is 0 Å². The van der Waals surface area contributed by atoms with Crippen LogP contribution in [0.4, 0.5) is 17.1 Å². The quantitative estimate of drug-likeness (QED) is 0.406. The predicted molar refractivity (Wildman–Crippen MR) is 122 cm³/mol. The number of anilines is 3. The van der Waals surface area contributed by atoms with Crippen molar-refractivity contribution in [3.8, 4) is 0 Å². The number of rotatable bonds is 1. The van der Waals surface area contributed by atoms with Crippen LogP contribution < -0.4 is 14.7 Å². The minimum absolute atomic E-state index is 0.146. The molecule has 2 bridgehead atoms. The van der Waals surface area contributed by atoms with E-state index in [0.717, 1.165) is 0 Å². The van der Waals surface area contributed by atoms with Gasteiger partial charge < -0.3 is 14.7 Å². The average molecular weight is 377 g/mol. The normalized spacial score (nSPS) is 19.9. The molecule has 3 nitrogen and oxygen atoms in total. The van der Waals surface area contributed by atoms with E-state index in [1.54, 1.807) is 0 Å². The summed E-state index contributed by atoms with van der Waals surface area (Å²) in [5.74, 6) is 0. The molecular formula is C26H23N3. The molecule has 2 aliphatic heterocycles. The van der Waals surface area contributed by atoms with E-state index in [4.69, 9.17) is 0 Å². The predicted octanol–water partition coefficient (Wildman–Crippen LogP) is 5.94. The van der Waals surface area contributed by atoms with E-state index in [-0.39, 0.29) is 12.3 Å². The first kappa shape index (κ1) is 16.5. The summed E-state index contributed by atoms with van der Waals surface area (Å²) in [6.07, 6.45) is 0.293. The molecule has 4 aromatic carbocycles. The number of nitrogens with zero attached hydrogens (tertiary/aromatic N) is 3. The summed E-state index contributed by atoms with van der Waals surface area (Å²) in [7, 11) is 4.44. The van der Waals surface area contributed by atoms with Crippen LogP contribution in [0, 0.1) is 0 Å². The van der Waals surface area contributed by atoms with Gasteiger partial charge in [0.05, 0.1) is 0 Å². The van der Waals surface area contributed by atoms with Crippen LogP contribution in [0.5, 0.6) is 0 Å². The molecular weight excluding hydrogens is 354 g/mol. The van der Waals surface area contributed by atoms with E-state index < -0.39 is 0 Å². The van der Waals surface area contributed by atoms with Gasteiger partial charge in [0.15, 0.2) is 0 Å². The zero-order chi connectivity index (χ0) is 19.5. The van der Waals surface area contributed by atoms with Crippen LogP contribution in [0.25, 0.3) is 10.8 Å². The van der Waals surface area contributed by atoms with E-state index in [1.807, 2.05) is 0 Å². The Labute approximate surface area is 171 Å². The first-order chi connectivity index (χ1) is 14.3. The van der Waals surface area contributed by atoms with Crippen LogP contribution in [-0.4, -0.2) is 14.1 Å². The zero-order valence-corrected chi connectivity index (χ0v) is 16.7. The van der Waals surface area contributed by atoms with E-state index >= 15 is 0 Å². The second kappa shape index (κ2) is 6.02. The molecule has 0 aliphatic carbocycles. The Balaban J connectivity index is 1.69. The van der Waals surface area contributed by atoms with Crippen molar-refractivity contribution < 1.29 is 0 Å². The topological polar surface area (TPSA) is 9.72 Å². The molecule has 0 N–H and O–H groups in total. The highest BCUT2D eigenvalue weighted by atomic mass is 15.5. The summed E-state index contributed by atoms with van der Waals surface area (Å²) >= 11 is 0. The fourth-order valence-electron chi connectivity index (χ4n) is 5.24. The highest BCUT2D eigenvalue weighted by Gasteiger charge is 2.45. The molecule has 4 aromatic rings. The molecule has 0 fully saturated rings. The summed E-state index contributed by atoms with van der Waals surface area (Å²) in [6.45, 7) is 0. The van der Waals surface area contributed by atoms with Gasteiger partial charge in [0, 0.05) is 47.7 Å². The van der Waals surface area contributed by atoms with E-state index in [0.29, 0.717) is 0 Å². The first-order valence-corrected chi connectivity index (χ1v) is 10.2. The summed E-state index contributed by atoms with van der Waals surface area (Å²) in [5, 5.41) is 2.58. The average Bonchev–Trinajstić information content (AvgIpc) is 2.78. The fourth-order valence-corrected chi connectivity index (χ4v) is 5.24. The van der Waals surface area contributed by atoms with E-state index in [2.05, 4.69) is 120 Å². The van der Waals surface area contributed by atoms with Gasteiger partial charge in [-0.1, -0.05) is 72.8 Å². The number of hydrogen-bond acceptors (Lipinski definition) is 3. The third-order valence-electron chi connectivity index (χ3n) is 6.50. The molecule has 0 saturated carbocycles. The van der Waals surface area contributed by atoms with Crippen LogP contribution in [0.1, 0.15) is 23.5 Å². The highest BCUT2D eigenvalue weighted by Crippen LogP contribution is 2.54. The Morgan fingerprint density at radius 3 is 1.66 bits per heavy atom. The number of fused-ring (bicyclic) bond motifs is 7. The van der Waals surface area contributed by atoms with Gasteiger partial charge in [-0.2, -0.15) is 0 Å². The SMILES string of the molecule is CN1c2ccccc2C2N(C)c3ccccc3C1N2c1cccc2ccccc12. The van der Waals surface area contributed by atoms with Gasteiger partial charge in [-0.3, -0.25) is 0 Å². The second-order valence-corrected chi connectivity index (χ2v) is 7.99. The van der Waals surface area contributed by atoms with Crippen LogP contribution in [0.15, 0.2) is 91.0 Å². The molecule has 0 aromatic heterocycles. The summed E-state index contributed by atoms with van der Waals surface area (Å²) in [4.78, 5) is 7.45. The lowest BCUT2D eigenvalue weighted by Crippen LogP contribution is -2.55. The maximum atomic E-state index is 2.59. The minimum Gasteiger partial charge on any atom is -0.350 e. The van der Waals surface area contributed by atoms with Crippen LogP contribution in [0.3, 0.4) is 0 Å². The minimum atomic E-state index is 0.146. The maximum Gasteiger partial charge on any atom is 0.132 e. The molecule has 0 radical (unpaired) electrons. The van der Waals surface area contributed by atoms with Crippen molar-refractivity contribution in [2.24, 2.45) is 0 Å². The van der Waals surface area contributed by atoms with Crippen molar-refractivity contribution in [2.75, 3.05) is 28.8 Å². The molecule has 2 aliphatic rings. The highest BCUT2D eigenvalue weighted by molar-refractivity contribution is 5.95. The first-order valence-electron chi connectivity index (χ1n) is 10.2. The van der Waals surface area contributed by atoms with Crippen molar-refractivity contribution in [1.82, 2.24) is 0 Å². The van der Waals surface area contributed by atoms with Gasteiger partial charge in [0.25, 0.3) is 0 Å². The Bertz CT molecular complexity index is 1170. The molecule has 2 unspecified atom stereocenters. The molecule has 0 saturated heterocycles.